The highest BCUT2D eigenvalue weighted by molar-refractivity contribution is 14.1. The van der Waals surface area contributed by atoms with Crippen LogP contribution >= 0.6 is 45.8 Å². The molecular formula is C11H8Cl2IN3O. The molecule has 0 aliphatic heterocycles. The Kier molecular flexibility index (Phi) is 4.24. The summed E-state index contributed by atoms with van der Waals surface area (Å²) in [4.78, 5) is 20.1. The average molecular weight is 396 g/mol. The van der Waals surface area contributed by atoms with E-state index in [9.17, 15) is 4.79 Å². The van der Waals surface area contributed by atoms with Gasteiger partial charge in [0.1, 0.15) is 10.3 Å². The molecule has 0 unspecified atom stereocenters. The third kappa shape index (κ3) is 2.84. The van der Waals surface area contributed by atoms with Crippen molar-refractivity contribution in [1.29, 1.82) is 0 Å². The minimum atomic E-state index is -0.0888. The van der Waals surface area contributed by atoms with Gasteiger partial charge in [0.2, 0.25) is 0 Å². The Bertz CT molecular complexity index is 657. The van der Waals surface area contributed by atoms with Gasteiger partial charge in [-0.2, -0.15) is 0 Å². The lowest BCUT2D eigenvalue weighted by Gasteiger charge is -2.08. The van der Waals surface area contributed by atoms with Crippen molar-refractivity contribution in [2.45, 2.75) is 13.5 Å². The Balaban J connectivity index is 2.41. The number of rotatable bonds is 2. The Morgan fingerprint density at radius 3 is 2.78 bits per heavy atom. The summed E-state index contributed by atoms with van der Waals surface area (Å²) < 4.78 is 2.10. The molecule has 0 spiro atoms. The van der Waals surface area contributed by atoms with Crippen LogP contribution in [0.5, 0.6) is 0 Å². The lowest BCUT2D eigenvalue weighted by molar-refractivity contribution is 0.721. The molecule has 0 N–H and O–H groups in total. The molecule has 0 aromatic carbocycles. The second kappa shape index (κ2) is 5.54. The minimum Gasteiger partial charge on any atom is -0.294 e. The van der Waals surface area contributed by atoms with E-state index in [0.29, 0.717) is 20.4 Å². The summed E-state index contributed by atoms with van der Waals surface area (Å²) in [7, 11) is 0. The molecular weight excluding hydrogens is 388 g/mol. The van der Waals surface area contributed by atoms with Gasteiger partial charge in [-0.05, 0) is 35.6 Å². The largest absolute Gasteiger partial charge is 0.294 e. The van der Waals surface area contributed by atoms with Crippen LogP contribution < -0.4 is 5.56 Å². The second-order valence-corrected chi connectivity index (χ2v) is 5.48. The Morgan fingerprint density at radius 2 is 2.11 bits per heavy atom. The molecule has 0 bridgehead atoms. The molecule has 0 aliphatic rings. The van der Waals surface area contributed by atoms with Gasteiger partial charge >= 0.3 is 0 Å². The summed E-state index contributed by atoms with van der Waals surface area (Å²) in [6.45, 7) is 2.12. The number of nitrogens with zero attached hydrogens (tertiary/aromatic N) is 3. The van der Waals surface area contributed by atoms with Crippen molar-refractivity contribution >= 4 is 45.8 Å². The van der Waals surface area contributed by atoms with Crippen molar-refractivity contribution in [2.24, 2.45) is 0 Å². The molecule has 0 amide bonds. The molecule has 2 heterocycles. The Hall–Kier alpha value is -0.660. The zero-order chi connectivity index (χ0) is 13.3. The van der Waals surface area contributed by atoms with Crippen LogP contribution in [0.4, 0.5) is 0 Å². The zero-order valence-electron chi connectivity index (χ0n) is 9.32. The highest BCUT2D eigenvalue weighted by Gasteiger charge is 2.08. The van der Waals surface area contributed by atoms with E-state index < -0.39 is 0 Å². The van der Waals surface area contributed by atoms with Crippen LogP contribution in [0.1, 0.15) is 11.3 Å². The molecule has 4 nitrogen and oxygen atoms in total. The molecule has 2 aromatic rings. The zero-order valence-corrected chi connectivity index (χ0v) is 13.0. The maximum Gasteiger partial charge on any atom is 0.267 e. The van der Waals surface area contributed by atoms with Crippen molar-refractivity contribution in [1.82, 2.24) is 14.5 Å². The van der Waals surface area contributed by atoms with Crippen LogP contribution in [0.15, 0.2) is 23.3 Å². The summed E-state index contributed by atoms with van der Waals surface area (Å²) in [5, 5.41) is 0.623. The van der Waals surface area contributed by atoms with E-state index >= 15 is 0 Å². The first-order valence-corrected chi connectivity index (χ1v) is 6.85. The summed E-state index contributed by atoms with van der Waals surface area (Å²) in [6, 6.07) is 3.39. The third-order valence-corrected chi connectivity index (χ3v) is 4.17. The molecule has 94 valence electrons. The van der Waals surface area contributed by atoms with E-state index in [2.05, 4.69) is 9.97 Å². The predicted octanol–water partition coefficient (Wildman–Crippen LogP) is 2.91. The first-order valence-electron chi connectivity index (χ1n) is 5.01. The fraction of sp³-hybridized carbons (Fsp3) is 0.182. The van der Waals surface area contributed by atoms with Gasteiger partial charge in [-0.25, -0.2) is 9.97 Å². The number of aromatic nitrogens is 3. The molecule has 0 fully saturated rings. The standard InChI is InChI=1S/C11H8Cl2IN3O/c1-6-9(14)11(18)17(5-15-6)4-7-2-3-8(12)16-10(7)13/h2-3,5H,4H2,1H3. The summed E-state index contributed by atoms with van der Waals surface area (Å²) in [6.07, 6.45) is 1.50. The highest BCUT2D eigenvalue weighted by Crippen LogP contribution is 2.17. The Morgan fingerprint density at radius 1 is 1.39 bits per heavy atom. The fourth-order valence-electron chi connectivity index (χ4n) is 1.40. The van der Waals surface area contributed by atoms with Crippen molar-refractivity contribution in [2.75, 3.05) is 0 Å². The van der Waals surface area contributed by atoms with Crippen molar-refractivity contribution in [3.63, 3.8) is 0 Å². The SMILES string of the molecule is Cc1ncn(Cc2ccc(Cl)nc2Cl)c(=O)c1I. The quantitative estimate of drug-likeness (QED) is 0.580. The van der Waals surface area contributed by atoms with Gasteiger partial charge in [0.15, 0.2) is 0 Å². The monoisotopic (exact) mass is 395 g/mol. The van der Waals surface area contributed by atoms with E-state index in [-0.39, 0.29) is 5.56 Å². The first kappa shape index (κ1) is 13.8. The smallest absolute Gasteiger partial charge is 0.267 e. The van der Waals surface area contributed by atoms with E-state index in [1.165, 1.54) is 10.9 Å². The van der Waals surface area contributed by atoms with Crippen molar-refractivity contribution in [3.8, 4) is 0 Å². The highest BCUT2D eigenvalue weighted by atomic mass is 127. The second-order valence-electron chi connectivity index (χ2n) is 3.66. The van der Waals surface area contributed by atoms with E-state index in [1.807, 2.05) is 22.6 Å². The Labute approximate surface area is 127 Å². The normalized spacial score (nSPS) is 10.7. The molecule has 0 saturated heterocycles. The van der Waals surface area contributed by atoms with Gasteiger partial charge in [0, 0.05) is 5.56 Å². The fourth-order valence-corrected chi connectivity index (χ4v) is 2.25. The molecule has 7 heteroatoms. The van der Waals surface area contributed by atoms with Gasteiger partial charge in [0.25, 0.3) is 5.56 Å². The van der Waals surface area contributed by atoms with Crippen LogP contribution in [-0.2, 0) is 6.54 Å². The summed E-state index contributed by atoms with van der Waals surface area (Å²) in [5.74, 6) is 0. The van der Waals surface area contributed by atoms with Gasteiger partial charge in [0.05, 0.1) is 22.1 Å². The predicted molar refractivity (Wildman–Crippen MR) is 79.3 cm³/mol. The molecule has 2 rings (SSSR count). The van der Waals surface area contributed by atoms with E-state index in [0.717, 1.165) is 11.3 Å². The van der Waals surface area contributed by atoms with Crippen molar-refractivity contribution < 1.29 is 0 Å². The number of hydrogen-bond donors (Lipinski definition) is 0. The molecule has 0 atom stereocenters. The molecule has 0 saturated carbocycles. The topological polar surface area (TPSA) is 47.8 Å². The van der Waals surface area contributed by atoms with Crippen LogP contribution in [0.3, 0.4) is 0 Å². The summed E-state index contributed by atoms with van der Waals surface area (Å²) >= 11 is 13.7. The molecule has 2 aromatic heterocycles. The van der Waals surface area contributed by atoms with Crippen LogP contribution in [0.25, 0.3) is 0 Å². The lowest BCUT2D eigenvalue weighted by Crippen LogP contribution is -2.24. The van der Waals surface area contributed by atoms with E-state index in [1.54, 1.807) is 19.1 Å². The van der Waals surface area contributed by atoms with Gasteiger partial charge in [-0.3, -0.25) is 9.36 Å². The van der Waals surface area contributed by atoms with Gasteiger partial charge < -0.3 is 0 Å². The number of aryl methyl sites for hydroxylation is 1. The lowest BCUT2D eigenvalue weighted by atomic mass is 10.3. The number of pyridine rings is 1. The van der Waals surface area contributed by atoms with Gasteiger partial charge in [-0.1, -0.05) is 29.3 Å². The molecule has 18 heavy (non-hydrogen) atoms. The van der Waals surface area contributed by atoms with E-state index in [4.69, 9.17) is 23.2 Å². The maximum absolute atomic E-state index is 12.0. The van der Waals surface area contributed by atoms with Crippen LogP contribution in [0, 0.1) is 10.5 Å². The number of hydrogen-bond acceptors (Lipinski definition) is 3. The average Bonchev–Trinajstić information content (AvgIpc) is 2.33. The maximum atomic E-state index is 12.0. The minimum absolute atomic E-state index is 0.0888. The van der Waals surface area contributed by atoms with Crippen molar-refractivity contribution in [3.05, 3.63) is 53.9 Å². The first-order chi connectivity index (χ1) is 8.49. The molecule has 0 radical (unpaired) electrons. The number of halogens is 3. The summed E-state index contributed by atoms with van der Waals surface area (Å²) in [5.41, 5.74) is 1.36. The third-order valence-electron chi connectivity index (χ3n) is 2.39. The van der Waals surface area contributed by atoms with Gasteiger partial charge in [-0.15, -0.1) is 0 Å². The van der Waals surface area contributed by atoms with Crippen LogP contribution in [0.2, 0.25) is 10.3 Å². The van der Waals surface area contributed by atoms with Crippen LogP contribution in [-0.4, -0.2) is 14.5 Å². The molecule has 0 aliphatic carbocycles.